The highest BCUT2D eigenvalue weighted by molar-refractivity contribution is 5.95. The van der Waals surface area contributed by atoms with Gasteiger partial charge in [-0.15, -0.1) is 0 Å². The lowest BCUT2D eigenvalue weighted by Crippen LogP contribution is -2.51. The number of amides is 1. The van der Waals surface area contributed by atoms with Crippen LogP contribution in [0.25, 0.3) is 15.6 Å². The van der Waals surface area contributed by atoms with Crippen LogP contribution in [0.3, 0.4) is 0 Å². The molecule has 3 aromatic carbocycles. The summed E-state index contributed by atoms with van der Waals surface area (Å²) in [6, 6.07) is 21.5. The number of aliphatic hydroxyl groups is 1. The molecule has 2 N–H and O–H groups in total. The Hall–Kier alpha value is -3.20. The molecule has 1 saturated heterocycles. The van der Waals surface area contributed by atoms with Crippen LogP contribution in [0, 0.1) is 6.57 Å². The Bertz CT molecular complexity index is 1180. The van der Waals surface area contributed by atoms with Gasteiger partial charge in [0, 0.05) is 24.2 Å². The zero-order chi connectivity index (χ0) is 23.4. The number of benzene rings is 3. The number of carbonyl (C=O) groups excluding carboxylic acids is 1. The molecule has 0 aromatic heterocycles. The molecule has 5 heteroatoms. The molecule has 1 heterocycles. The van der Waals surface area contributed by atoms with Crippen molar-refractivity contribution in [2.45, 2.75) is 50.8 Å². The van der Waals surface area contributed by atoms with Crippen LogP contribution in [0.5, 0.6) is 0 Å². The SMILES string of the molecule is [C-]#[N+]c1cccc(C(=O)N2CCCC2C(O)CNC(C)(C)Cc2ccc3ccccc3c2)c1. The quantitative estimate of drug-likeness (QED) is 0.509. The van der Waals surface area contributed by atoms with Crippen molar-refractivity contribution in [3.63, 3.8) is 0 Å². The van der Waals surface area contributed by atoms with Gasteiger partial charge in [0.15, 0.2) is 5.69 Å². The molecule has 5 nitrogen and oxygen atoms in total. The van der Waals surface area contributed by atoms with Gasteiger partial charge in [0.1, 0.15) is 0 Å². The normalized spacial score (nSPS) is 17.2. The average Bonchev–Trinajstić information content (AvgIpc) is 3.32. The lowest BCUT2D eigenvalue weighted by molar-refractivity contribution is 0.0469. The minimum Gasteiger partial charge on any atom is -0.390 e. The summed E-state index contributed by atoms with van der Waals surface area (Å²) in [4.78, 5) is 18.3. The smallest absolute Gasteiger partial charge is 0.252 e. The summed E-state index contributed by atoms with van der Waals surface area (Å²) in [5.41, 5.74) is 2.00. The minimum absolute atomic E-state index is 0.113. The summed E-state index contributed by atoms with van der Waals surface area (Å²) in [5, 5.41) is 17.0. The Morgan fingerprint density at radius 2 is 1.94 bits per heavy atom. The second-order valence-electron chi connectivity index (χ2n) is 9.56. The summed E-state index contributed by atoms with van der Waals surface area (Å²) in [6.07, 6.45) is 1.83. The molecule has 170 valence electrons. The number of carbonyl (C=O) groups is 1. The van der Waals surface area contributed by atoms with Crippen LogP contribution in [-0.4, -0.2) is 46.7 Å². The van der Waals surface area contributed by atoms with Gasteiger partial charge in [0.05, 0.1) is 18.7 Å². The standard InChI is InChI=1S/C28H31N3O2/c1-28(2,18-20-13-14-21-8-4-5-9-22(21)16-20)30-19-26(32)25-12-7-15-31(25)27(33)23-10-6-11-24(17-23)29-3/h4-6,8-11,13-14,16-17,25-26,30,32H,7,12,15,18-19H2,1-2H3. The maximum atomic E-state index is 13.1. The Morgan fingerprint density at radius 1 is 1.15 bits per heavy atom. The predicted octanol–water partition coefficient (Wildman–Crippen LogP) is 4.97. The second kappa shape index (κ2) is 9.74. The Labute approximate surface area is 195 Å². The largest absolute Gasteiger partial charge is 0.390 e. The monoisotopic (exact) mass is 441 g/mol. The Balaban J connectivity index is 1.38. The van der Waals surface area contributed by atoms with Crippen LogP contribution in [-0.2, 0) is 6.42 Å². The van der Waals surface area contributed by atoms with Gasteiger partial charge in [0.2, 0.25) is 0 Å². The highest BCUT2D eigenvalue weighted by Crippen LogP contribution is 2.25. The summed E-state index contributed by atoms with van der Waals surface area (Å²) in [7, 11) is 0. The number of likely N-dealkylation sites (tertiary alicyclic amines) is 1. The first kappa shape index (κ1) is 23.0. The van der Waals surface area contributed by atoms with E-state index in [2.05, 4.69) is 60.4 Å². The van der Waals surface area contributed by atoms with Crippen LogP contribution in [0.15, 0.2) is 66.7 Å². The van der Waals surface area contributed by atoms with E-state index in [9.17, 15) is 9.90 Å². The molecule has 2 atom stereocenters. The van der Waals surface area contributed by atoms with Gasteiger partial charge < -0.3 is 15.3 Å². The van der Waals surface area contributed by atoms with E-state index in [1.54, 1.807) is 29.2 Å². The zero-order valence-corrected chi connectivity index (χ0v) is 19.3. The van der Waals surface area contributed by atoms with Crippen molar-refractivity contribution in [1.82, 2.24) is 10.2 Å². The van der Waals surface area contributed by atoms with E-state index in [-0.39, 0.29) is 17.5 Å². The van der Waals surface area contributed by atoms with Crippen LogP contribution in [0.2, 0.25) is 0 Å². The first-order valence-corrected chi connectivity index (χ1v) is 11.6. The topological polar surface area (TPSA) is 56.9 Å². The zero-order valence-electron chi connectivity index (χ0n) is 19.3. The number of β-amino-alcohol motifs (C(OH)–C–C–N with tert-alkyl or cyclic N) is 1. The van der Waals surface area contributed by atoms with Crippen molar-refractivity contribution in [1.29, 1.82) is 0 Å². The Morgan fingerprint density at radius 3 is 2.73 bits per heavy atom. The van der Waals surface area contributed by atoms with Crippen molar-refractivity contribution in [2.24, 2.45) is 0 Å². The van der Waals surface area contributed by atoms with E-state index in [1.807, 2.05) is 6.07 Å². The fraction of sp³-hybridized carbons (Fsp3) is 0.357. The van der Waals surface area contributed by atoms with E-state index in [0.717, 1.165) is 19.3 Å². The van der Waals surface area contributed by atoms with Crippen LogP contribution in [0.1, 0.15) is 42.6 Å². The molecule has 3 aromatic rings. The van der Waals surface area contributed by atoms with Gasteiger partial charge in [-0.05, 0) is 55.5 Å². The molecular weight excluding hydrogens is 410 g/mol. The number of nitrogens with one attached hydrogen (secondary N) is 1. The summed E-state index contributed by atoms with van der Waals surface area (Å²) in [5.74, 6) is -0.113. The molecule has 1 fully saturated rings. The number of nitrogens with zero attached hydrogens (tertiary/aromatic N) is 2. The third kappa shape index (κ3) is 5.42. The number of hydrogen-bond acceptors (Lipinski definition) is 3. The highest BCUT2D eigenvalue weighted by Gasteiger charge is 2.35. The minimum atomic E-state index is -0.656. The van der Waals surface area contributed by atoms with Gasteiger partial charge in [-0.2, -0.15) is 0 Å². The summed E-state index contributed by atoms with van der Waals surface area (Å²) in [6.45, 7) is 12.5. The first-order valence-electron chi connectivity index (χ1n) is 11.6. The number of rotatable bonds is 7. The molecule has 2 unspecified atom stereocenters. The molecule has 0 spiro atoms. The summed E-state index contributed by atoms with van der Waals surface area (Å²) >= 11 is 0. The predicted molar refractivity (Wildman–Crippen MR) is 133 cm³/mol. The first-order chi connectivity index (χ1) is 15.9. The number of fused-ring (bicyclic) bond motifs is 1. The van der Waals surface area contributed by atoms with Gasteiger partial charge in [-0.1, -0.05) is 60.7 Å². The molecule has 0 saturated carbocycles. The van der Waals surface area contributed by atoms with Crippen LogP contribution in [0.4, 0.5) is 5.69 Å². The van der Waals surface area contributed by atoms with E-state index in [1.165, 1.54) is 16.3 Å². The van der Waals surface area contributed by atoms with Crippen LogP contribution >= 0.6 is 0 Å². The fourth-order valence-electron chi connectivity index (χ4n) is 4.76. The van der Waals surface area contributed by atoms with Crippen molar-refractivity contribution >= 4 is 22.4 Å². The van der Waals surface area contributed by atoms with Crippen molar-refractivity contribution < 1.29 is 9.90 Å². The summed E-state index contributed by atoms with van der Waals surface area (Å²) < 4.78 is 0. The second-order valence-corrected chi connectivity index (χ2v) is 9.56. The average molecular weight is 442 g/mol. The molecule has 1 amide bonds. The van der Waals surface area contributed by atoms with Crippen LogP contribution < -0.4 is 5.32 Å². The molecule has 33 heavy (non-hydrogen) atoms. The van der Waals surface area contributed by atoms with Gasteiger partial charge in [-0.3, -0.25) is 4.79 Å². The Kier molecular flexibility index (Phi) is 6.78. The molecule has 1 aliphatic heterocycles. The molecule has 0 bridgehead atoms. The molecule has 1 aliphatic rings. The van der Waals surface area contributed by atoms with E-state index < -0.39 is 6.10 Å². The lowest BCUT2D eigenvalue weighted by atomic mass is 9.93. The van der Waals surface area contributed by atoms with E-state index in [0.29, 0.717) is 24.3 Å². The maximum Gasteiger partial charge on any atom is 0.252 e. The third-order valence-corrected chi connectivity index (χ3v) is 6.48. The third-order valence-electron chi connectivity index (χ3n) is 6.48. The lowest BCUT2D eigenvalue weighted by Gasteiger charge is -2.33. The van der Waals surface area contributed by atoms with Crippen molar-refractivity contribution in [2.75, 3.05) is 13.1 Å². The molecule has 4 rings (SSSR count). The number of aliphatic hydroxyl groups excluding tert-OH is 1. The molecular formula is C28H31N3O2. The molecule has 0 radical (unpaired) electrons. The molecule has 0 aliphatic carbocycles. The highest BCUT2D eigenvalue weighted by atomic mass is 16.3. The van der Waals surface area contributed by atoms with Crippen molar-refractivity contribution in [3.8, 4) is 0 Å². The fourth-order valence-corrected chi connectivity index (χ4v) is 4.76. The van der Waals surface area contributed by atoms with Gasteiger partial charge in [-0.25, -0.2) is 4.85 Å². The maximum absolute atomic E-state index is 13.1. The van der Waals surface area contributed by atoms with Crippen molar-refractivity contribution in [3.05, 3.63) is 89.3 Å². The van der Waals surface area contributed by atoms with E-state index in [4.69, 9.17) is 6.57 Å². The van der Waals surface area contributed by atoms with Gasteiger partial charge >= 0.3 is 0 Å². The van der Waals surface area contributed by atoms with Gasteiger partial charge in [0.25, 0.3) is 5.91 Å². The van der Waals surface area contributed by atoms with E-state index >= 15 is 0 Å². The number of hydrogen-bond donors (Lipinski definition) is 2.